The summed E-state index contributed by atoms with van der Waals surface area (Å²) >= 11 is 0. The van der Waals surface area contributed by atoms with Gasteiger partial charge in [0.2, 0.25) is 0 Å². The Kier molecular flexibility index (Phi) is 8.71. The third-order valence-corrected chi connectivity index (χ3v) is 6.22. The van der Waals surface area contributed by atoms with Gasteiger partial charge in [-0.1, -0.05) is 44.1 Å². The van der Waals surface area contributed by atoms with Gasteiger partial charge >= 0.3 is 5.97 Å². The molecule has 2 aliphatic carbocycles. The summed E-state index contributed by atoms with van der Waals surface area (Å²) in [5, 5.41) is 29.3. The monoisotopic (exact) mass is 378 g/mol. The number of allylic oxidation sites excluding steroid dienone is 2. The molecule has 0 spiro atoms. The number of aliphatic hydroxyl groups excluding tert-OH is 2. The van der Waals surface area contributed by atoms with Crippen LogP contribution in [0, 0.1) is 23.7 Å². The van der Waals surface area contributed by atoms with Gasteiger partial charge < -0.3 is 15.3 Å². The van der Waals surface area contributed by atoms with Gasteiger partial charge in [0.15, 0.2) is 0 Å². The van der Waals surface area contributed by atoms with Crippen LogP contribution in [-0.4, -0.2) is 39.3 Å². The number of unbranched alkanes of at least 4 members (excludes halogenated alkanes) is 1. The SMILES string of the molecule is CCC1CCC([C@H](O)/C=C/[C@H]2[C@H](O)CC(=O)[C@@H]2C/C=C\CCCC(=O)O)C1. The van der Waals surface area contributed by atoms with E-state index in [0.717, 1.165) is 19.3 Å². The minimum atomic E-state index is -0.797. The van der Waals surface area contributed by atoms with E-state index in [0.29, 0.717) is 25.2 Å². The molecular weight excluding hydrogens is 344 g/mol. The molecular formula is C22H34O5. The van der Waals surface area contributed by atoms with Gasteiger partial charge in [-0.15, -0.1) is 0 Å². The first-order valence-corrected chi connectivity index (χ1v) is 10.4. The van der Waals surface area contributed by atoms with E-state index in [2.05, 4.69) is 6.92 Å². The molecule has 152 valence electrons. The van der Waals surface area contributed by atoms with Gasteiger partial charge in [0, 0.05) is 24.7 Å². The average molecular weight is 379 g/mol. The maximum Gasteiger partial charge on any atom is 0.303 e. The van der Waals surface area contributed by atoms with Gasteiger partial charge in [-0.25, -0.2) is 0 Å². The summed E-state index contributed by atoms with van der Waals surface area (Å²) < 4.78 is 0. The van der Waals surface area contributed by atoms with Crippen LogP contribution in [0.1, 0.15) is 64.7 Å². The quantitative estimate of drug-likeness (QED) is 0.399. The van der Waals surface area contributed by atoms with Crippen LogP contribution in [0.3, 0.4) is 0 Å². The largest absolute Gasteiger partial charge is 0.481 e. The smallest absolute Gasteiger partial charge is 0.303 e. The van der Waals surface area contributed by atoms with Crippen molar-refractivity contribution in [3.63, 3.8) is 0 Å². The first-order chi connectivity index (χ1) is 12.9. The van der Waals surface area contributed by atoms with Crippen molar-refractivity contribution in [3.8, 4) is 0 Å². The lowest BCUT2D eigenvalue weighted by Gasteiger charge is -2.19. The molecule has 2 rings (SSSR count). The van der Waals surface area contributed by atoms with Crippen LogP contribution >= 0.6 is 0 Å². The average Bonchev–Trinajstić information content (AvgIpc) is 3.20. The molecule has 2 aliphatic rings. The third kappa shape index (κ3) is 6.58. The van der Waals surface area contributed by atoms with E-state index in [4.69, 9.17) is 5.11 Å². The first kappa shape index (κ1) is 21.8. The number of ketones is 1. The molecule has 2 unspecified atom stereocenters. The van der Waals surface area contributed by atoms with Crippen LogP contribution in [0.15, 0.2) is 24.3 Å². The van der Waals surface area contributed by atoms with Gasteiger partial charge in [-0.05, 0) is 43.9 Å². The van der Waals surface area contributed by atoms with Crippen LogP contribution in [0.25, 0.3) is 0 Å². The Bertz CT molecular complexity index is 553. The van der Waals surface area contributed by atoms with Crippen LogP contribution in [0.2, 0.25) is 0 Å². The summed E-state index contributed by atoms with van der Waals surface area (Å²) in [6.07, 6.45) is 12.8. The second-order valence-electron chi connectivity index (χ2n) is 8.14. The summed E-state index contributed by atoms with van der Waals surface area (Å²) in [5.74, 6) is -0.253. The molecule has 0 heterocycles. The van der Waals surface area contributed by atoms with E-state index >= 15 is 0 Å². The van der Waals surface area contributed by atoms with Crippen molar-refractivity contribution in [2.24, 2.45) is 23.7 Å². The van der Waals surface area contributed by atoms with Gasteiger partial charge in [0.25, 0.3) is 0 Å². The highest BCUT2D eigenvalue weighted by molar-refractivity contribution is 5.84. The maximum absolute atomic E-state index is 12.2. The number of carbonyl (C=O) groups excluding carboxylic acids is 1. The molecule has 0 saturated heterocycles. The van der Waals surface area contributed by atoms with Crippen molar-refractivity contribution in [1.82, 2.24) is 0 Å². The van der Waals surface area contributed by atoms with Crippen molar-refractivity contribution in [2.45, 2.75) is 76.9 Å². The van der Waals surface area contributed by atoms with Gasteiger partial charge in [-0.2, -0.15) is 0 Å². The molecule has 2 saturated carbocycles. The summed E-state index contributed by atoms with van der Waals surface area (Å²) in [6, 6.07) is 0. The van der Waals surface area contributed by atoms with E-state index in [-0.39, 0.29) is 36.4 Å². The molecule has 3 N–H and O–H groups in total. The number of carboxylic acid groups (broad SMARTS) is 1. The Morgan fingerprint density at radius 1 is 1.30 bits per heavy atom. The highest BCUT2D eigenvalue weighted by Crippen LogP contribution is 2.37. The molecule has 5 heteroatoms. The lowest BCUT2D eigenvalue weighted by atomic mass is 9.89. The zero-order valence-corrected chi connectivity index (χ0v) is 16.3. The number of rotatable bonds is 10. The van der Waals surface area contributed by atoms with E-state index in [1.165, 1.54) is 6.42 Å². The molecule has 0 aromatic carbocycles. The normalized spacial score (nSPS) is 32.7. The Morgan fingerprint density at radius 2 is 2.07 bits per heavy atom. The molecule has 0 aromatic heterocycles. The van der Waals surface area contributed by atoms with Crippen molar-refractivity contribution in [1.29, 1.82) is 0 Å². The molecule has 6 atom stereocenters. The van der Waals surface area contributed by atoms with Crippen LogP contribution in [0.5, 0.6) is 0 Å². The fourth-order valence-electron chi connectivity index (χ4n) is 4.45. The molecule has 0 aromatic rings. The fourth-order valence-corrected chi connectivity index (χ4v) is 4.45. The van der Waals surface area contributed by atoms with Crippen molar-refractivity contribution < 1.29 is 24.9 Å². The summed E-state index contributed by atoms with van der Waals surface area (Å²) in [5.41, 5.74) is 0. The number of Topliss-reactive ketones (excluding diaryl/α,β-unsaturated/α-hetero) is 1. The molecule has 0 aliphatic heterocycles. The Morgan fingerprint density at radius 3 is 2.74 bits per heavy atom. The van der Waals surface area contributed by atoms with Crippen LogP contribution in [0.4, 0.5) is 0 Å². The zero-order chi connectivity index (χ0) is 19.8. The van der Waals surface area contributed by atoms with Crippen molar-refractivity contribution >= 4 is 11.8 Å². The van der Waals surface area contributed by atoms with Crippen LogP contribution < -0.4 is 0 Å². The predicted molar refractivity (Wildman–Crippen MR) is 104 cm³/mol. The second-order valence-corrected chi connectivity index (χ2v) is 8.14. The molecule has 2 fully saturated rings. The zero-order valence-electron chi connectivity index (χ0n) is 16.3. The van der Waals surface area contributed by atoms with E-state index in [1.54, 1.807) is 6.08 Å². The number of aliphatic hydroxyl groups is 2. The number of hydrogen-bond acceptors (Lipinski definition) is 4. The minimum Gasteiger partial charge on any atom is -0.481 e. The second kappa shape index (κ2) is 10.8. The topological polar surface area (TPSA) is 94.8 Å². The van der Waals surface area contributed by atoms with Crippen LogP contribution in [-0.2, 0) is 9.59 Å². The Labute approximate surface area is 162 Å². The summed E-state index contributed by atoms with van der Waals surface area (Å²) in [4.78, 5) is 22.7. The standard InChI is InChI=1S/C22H34O5/c1-2-15-9-10-16(13-15)19(23)12-11-18-17(20(24)14-21(18)25)7-5-3-4-6-8-22(26)27/h3,5,11-12,15-19,21,23,25H,2,4,6-10,13-14H2,1H3,(H,26,27)/b5-3-,12-11+/t15?,16?,17-,18-,19-,21-/m1/s1. The lowest BCUT2D eigenvalue weighted by Crippen LogP contribution is -2.20. The number of aliphatic carboxylic acids is 1. The first-order valence-electron chi connectivity index (χ1n) is 10.4. The highest BCUT2D eigenvalue weighted by Gasteiger charge is 2.39. The number of hydrogen-bond donors (Lipinski definition) is 3. The lowest BCUT2D eigenvalue weighted by molar-refractivity contribution is -0.137. The van der Waals surface area contributed by atoms with E-state index in [1.807, 2.05) is 18.2 Å². The number of carboxylic acids is 1. The predicted octanol–water partition coefficient (Wildman–Crippen LogP) is 3.50. The number of carbonyl (C=O) groups is 2. The molecule has 27 heavy (non-hydrogen) atoms. The Hall–Kier alpha value is -1.46. The van der Waals surface area contributed by atoms with Crippen molar-refractivity contribution in [3.05, 3.63) is 24.3 Å². The summed E-state index contributed by atoms with van der Waals surface area (Å²) in [7, 11) is 0. The molecule has 0 radical (unpaired) electrons. The van der Waals surface area contributed by atoms with Gasteiger partial charge in [0.05, 0.1) is 12.2 Å². The third-order valence-electron chi connectivity index (χ3n) is 6.22. The van der Waals surface area contributed by atoms with E-state index in [9.17, 15) is 19.8 Å². The maximum atomic E-state index is 12.2. The molecule has 0 amide bonds. The van der Waals surface area contributed by atoms with Crippen molar-refractivity contribution in [2.75, 3.05) is 0 Å². The molecule has 5 nitrogen and oxygen atoms in total. The van der Waals surface area contributed by atoms with Gasteiger partial charge in [0.1, 0.15) is 5.78 Å². The summed E-state index contributed by atoms with van der Waals surface area (Å²) in [6.45, 7) is 2.19. The van der Waals surface area contributed by atoms with Gasteiger partial charge in [-0.3, -0.25) is 9.59 Å². The molecule has 0 bridgehead atoms. The fraction of sp³-hybridized carbons (Fsp3) is 0.727. The Balaban J connectivity index is 1.86. The van der Waals surface area contributed by atoms with E-state index < -0.39 is 18.2 Å². The highest BCUT2D eigenvalue weighted by atomic mass is 16.4. The minimum absolute atomic E-state index is 0.0636.